The number of methoxy groups -OCH3 is 2. The van der Waals surface area contributed by atoms with E-state index in [1.54, 1.807) is 50.6 Å². The lowest BCUT2D eigenvalue weighted by Gasteiger charge is -2.36. The first-order valence-corrected chi connectivity index (χ1v) is 15.4. The summed E-state index contributed by atoms with van der Waals surface area (Å²) < 4.78 is 16.1. The number of aliphatic carboxylic acids is 1. The first-order chi connectivity index (χ1) is 20.8. The van der Waals surface area contributed by atoms with E-state index < -0.39 is 23.3 Å². The highest BCUT2D eigenvalue weighted by molar-refractivity contribution is 7.99. The van der Waals surface area contributed by atoms with Gasteiger partial charge in [-0.1, -0.05) is 35.9 Å². The number of rotatable bonds is 14. The second-order valence-corrected chi connectivity index (χ2v) is 11.7. The molecule has 0 radical (unpaired) electrons. The maximum atomic E-state index is 12.2. The molecule has 2 unspecified atom stereocenters. The number of nitrogens with zero attached hydrogens (tertiary/aromatic N) is 2. The van der Waals surface area contributed by atoms with Crippen molar-refractivity contribution in [2.24, 2.45) is 0 Å². The third kappa shape index (κ3) is 8.95. The Hall–Kier alpha value is -3.60. The lowest BCUT2D eigenvalue weighted by molar-refractivity contribution is -0.162. The third-order valence-electron chi connectivity index (χ3n) is 7.22. The second kappa shape index (κ2) is 15.7. The fourth-order valence-electron chi connectivity index (χ4n) is 5.02. The Morgan fingerprint density at radius 1 is 1.00 bits per heavy atom. The molecule has 1 fully saturated rings. The summed E-state index contributed by atoms with van der Waals surface area (Å²) in [5.74, 6) is -0.364. The molecular weight excluding hydrogens is 590 g/mol. The maximum Gasteiger partial charge on any atom is 0.346 e. The first kappa shape index (κ1) is 32.3. The molecule has 0 spiro atoms. The molecule has 0 saturated carbocycles. The van der Waals surface area contributed by atoms with E-state index in [9.17, 15) is 14.7 Å². The SMILES string of the molecule is COc1ccc(C(Sc2cc(Cl)ccc2NCCCN2CCN(c3ccccc3OC)CC2)C(OC(C)=O)C(=O)O)cc1. The number of para-hydroxylation sites is 2. The van der Waals surface area contributed by atoms with E-state index >= 15 is 0 Å². The maximum absolute atomic E-state index is 12.2. The molecule has 1 saturated heterocycles. The number of esters is 1. The van der Waals surface area contributed by atoms with Crippen LogP contribution in [0.5, 0.6) is 11.5 Å². The molecular formula is C32H38ClN3O6S. The van der Waals surface area contributed by atoms with Crippen LogP contribution in [0, 0.1) is 0 Å². The Kier molecular flexibility index (Phi) is 11.8. The van der Waals surface area contributed by atoms with Gasteiger partial charge >= 0.3 is 11.9 Å². The van der Waals surface area contributed by atoms with Gasteiger partial charge in [-0.05, 0) is 61.0 Å². The number of carboxylic acid groups (broad SMARTS) is 1. The number of carboxylic acids is 1. The summed E-state index contributed by atoms with van der Waals surface area (Å²) in [5, 5.41) is 13.3. The standard InChI is InChI=1S/C32H38ClN3O6S/c1-22(37)42-30(32(38)39)31(23-9-12-25(40-2)13-10-23)43-29-21-24(33)11-14-26(29)34-15-6-16-35-17-19-36(20-18-35)27-7-4-5-8-28(27)41-3/h4-5,7-14,21,30-31,34H,6,15-20H2,1-3H3,(H,38,39). The quantitative estimate of drug-likeness (QED) is 0.129. The highest BCUT2D eigenvalue weighted by Crippen LogP contribution is 2.43. The molecule has 230 valence electrons. The number of carbonyl (C=O) groups is 2. The minimum atomic E-state index is -1.41. The minimum Gasteiger partial charge on any atom is -0.497 e. The number of ether oxygens (including phenoxy) is 3. The van der Waals surface area contributed by atoms with Crippen molar-refractivity contribution in [2.75, 3.05) is 63.7 Å². The van der Waals surface area contributed by atoms with Gasteiger partial charge in [-0.3, -0.25) is 9.69 Å². The lowest BCUT2D eigenvalue weighted by atomic mass is 10.1. The van der Waals surface area contributed by atoms with E-state index in [1.807, 2.05) is 24.3 Å². The van der Waals surface area contributed by atoms with Gasteiger partial charge in [0.1, 0.15) is 11.5 Å². The highest BCUT2D eigenvalue weighted by atomic mass is 35.5. The Morgan fingerprint density at radius 2 is 1.72 bits per heavy atom. The molecule has 43 heavy (non-hydrogen) atoms. The van der Waals surface area contributed by atoms with Gasteiger partial charge in [0, 0.05) is 55.3 Å². The van der Waals surface area contributed by atoms with Crippen molar-refractivity contribution in [3.63, 3.8) is 0 Å². The molecule has 9 nitrogen and oxygen atoms in total. The van der Waals surface area contributed by atoms with Crippen molar-refractivity contribution >= 4 is 46.7 Å². The summed E-state index contributed by atoms with van der Waals surface area (Å²) in [6, 6.07) is 20.7. The van der Waals surface area contributed by atoms with Crippen molar-refractivity contribution in [3.8, 4) is 11.5 Å². The zero-order chi connectivity index (χ0) is 30.8. The number of hydrogen-bond donors (Lipinski definition) is 2. The van der Waals surface area contributed by atoms with Crippen LogP contribution in [0.1, 0.15) is 24.2 Å². The van der Waals surface area contributed by atoms with Crippen LogP contribution in [0.4, 0.5) is 11.4 Å². The molecule has 11 heteroatoms. The number of hydrogen-bond acceptors (Lipinski definition) is 9. The molecule has 1 heterocycles. The van der Waals surface area contributed by atoms with Crippen molar-refractivity contribution in [2.45, 2.75) is 29.6 Å². The fourth-order valence-corrected chi connectivity index (χ4v) is 6.59. The fraction of sp³-hybridized carbons (Fsp3) is 0.375. The highest BCUT2D eigenvalue weighted by Gasteiger charge is 2.34. The lowest BCUT2D eigenvalue weighted by Crippen LogP contribution is -2.46. The van der Waals surface area contributed by atoms with E-state index in [0.717, 1.165) is 67.7 Å². The van der Waals surface area contributed by atoms with Gasteiger partial charge in [0.25, 0.3) is 0 Å². The summed E-state index contributed by atoms with van der Waals surface area (Å²) in [7, 11) is 3.27. The van der Waals surface area contributed by atoms with E-state index in [0.29, 0.717) is 16.3 Å². The number of anilines is 2. The number of halogens is 1. The number of piperazine rings is 1. The molecule has 4 rings (SSSR count). The number of benzene rings is 3. The van der Waals surface area contributed by atoms with Gasteiger partial charge in [-0.2, -0.15) is 0 Å². The largest absolute Gasteiger partial charge is 0.497 e. The average Bonchev–Trinajstić information content (AvgIpc) is 3.02. The molecule has 3 aromatic carbocycles. The van der Waals surface area contributed by atoms with Gasteiger partial charge in [-0.25, -0.2) is 4.79 Å². The molecule has 0 bridgehead atoms. The Labute approximate surface area is 262 Å². The van der Waals surface area contributed by atoms with Gasteiger partial charge in [0.2, 0.25) is 6.10 Å². The molecule has 1 aliphatic rings. The van der Waals surface area contributed by atoms with E-state index in [-0.39, 0.29) is 0 Å². The summed E-state index contributed by atoms with van der Waals surface area (Å²) in [6.45, 7) is 6.69. The average molecular weight is 628 g/mol. The van der Waals surface area contributed by atoms with Crippen LogP contribution >= 0.6 is 23.4 Å². The minimum absolute atomic E-state index is 0.522. The van der Waals surface area contributed by atoms with E-state index in [4.69, 9.17) is 25.8 Å². The molecule has 0 amide bonds. The summed E-state index contributed by atoms with van der Waals surface area (Å²) in [5.41, 5.74) is 2.64. The number of carbonyl (C=O) groups excluding carboxylic acids is 1. The van der Waals surface area contributed by atoms with Gasteiger partial charge in [-0.15, -0.1) is 11.8 Å². The Bertz CT molecular complexity index is 1370. The third-order valence-corrected chi connectivity index (χ3v) is 8.82. The summed E-state index contributed by atoms with van der Waals surface area (Å²) >= 11 is 7.66. The van der Waals surface area contributed by atoms with Gasteiger partial charge in [0.15, 0.2) is 0 Å². The normalized spacial score (nSPS) is 14.9. The van der Waals surface area contributed by atoms with Crippen LogP contribution in [-0.2, 0) is 14.3 Å². The van der Waals surface area contributed by atoms with Crippen molar-refractivity contribution in [3.05, 3.63) is 77.3 Å². The van der Waals surface area contributed by atoms with Gasteiger partial charge in [0.05, 0.1) is 25.2 Å². The number of nitrogens with one attached hydrogen (secondary N) is 1. The monoisotopic (exact) mass is 627 g/mol. The van der Waals surface area contributed by atoms with Crippen LogP contribution in [0.2, 0.25) is 5.02 Å². The van der Waals surface area contributed by atoms with Crippen LogP contribution in [0.15, 0.2) is 71.6 Å². The summed E-state index contributed by atoms with van der Waals surface area (Å²) in [4.78, 5) is 29.7. The van der Waals surface area contributed by atoms with Crippen LogP contribution < -0.4 is 19.7 Å². The van der Waals surface area contributed by atoms with Crippen LogP contribution in [0.3, 0.4) is 0 Å². The molecule has 2 atom stereocenters. The topological polar surface area (TPSA) is 101 Å². The van der Waals surface area contributed by atoms with Gasteiger partial charge < -0.3 is 29.5 Å². The molecule has 2 N–H and O–H groups in total. The van der Waals surface area contributed by atoms with Crippen LogP contribution in [0.25, 0.3) is 0 Å². The second-order valence-electron chi connectivity index (χ2n) is 10.1. The molecule has 0 aromatic heterocycles. The molecule has 0 aliphatic carbocycles. The Balaban J connectivity index is 1.39. The van der Waals surface area contributed by atoms with Crippen molar-refractivity contribution in [1.82, 2.24) is 4.90 Å². The first-order valence-electron chi connectivity index (χ1n) is 14.1. The molecule has 3 aromatic rings. The number of thioether (sulfide) groups is 1. The predicted molar refractivity (Wildman–Crippen MR) is 171 cm³/mol. The Morgan fingerprint density at radius 3 is 2.37 bits per heavy atom. The zero-order valence-electron chi connectivity index (χ0n) is 24.6. The van der Waals surface area contributed by atoms with E-state index in [1.165, 1.54) is 18.7 Å². The summed E-state index contributed by atoms with van der Waals surface area (Å²) in [6.07, 6.45) is -0.480. The van der Waals surface area contributed by atoms with Crippen molar-refractivity contribution in [1.29, 1.82) is 0 Å². The molecule has 1 aliphatic heterocycles. The predicted octanol–water partition coefficient (Wildman–Crippen LogP) is 5.83. The zero-order valence-corrected chi connectivity index (χ0v) is 26.2. The smallest absolute Gasteiger partial charge is 0.346 e. The van der Waals surface area contributed by atoms with Crippen molar-refractivity contribution < 1.29 is 28.9 Å². The van der Waals surface area contributed by atoms with E-state index in [2.05, 4.69) is 21.2 Å². The van der Waals surface area contributed by atoms with Crippen LogP contribution in [-0.4, -0.2) is 81.5 Å².